The second-order valence-electron chi connectivity index (χ2n) is 7.43. The van der Waals surface area contributed by atoms with E-state index >= 15 is 0 Å². The average molecular weight is 455 g/mol. The van der Waals surface area contributed by atoms with Crippen LogP contribution >= 0.6 is 11.3 Å². The van der Waals surface area contributed by atoms with Crippen molar-refractivity contribution in [3.05, 3.63) is 106 Å². The van der Waals surface area contributed by atoms with Gasteiger partial charge in [-0.15, -0.1) is 0 Å². The van der Waals surface area contributed by atoms with Crippen molar-refractivity contribution in [3.63, 3.8) is 0 Å². The van der Waals surface area contributed by atoms with Crippen molar-refractivity contribution in [3.8, 4) is 0 Å². The van der Waals surface area contributed by atoms with Crippen LogP contribution in [0.1, 0.15) is 15.9 Å². The maximum absolute atomic E-state index is 12.8. The van der Waals surface area contributed by atoms with E-state index in [1.165, 1.54) is 17.4 Å². The number of rotatable bonds is 6. The molecule has 5 aromatic rings. The van der Waals surface area contributed by atoms with Crippen LogP contribution in [0, 0.1) is 10.1 Å². The highest BCUT2D eigenvalue weighted by Crippen LogP contribution is 2.32. The molecule has 0 aliphatic rings. The summed E-state index contributed by atoms with van der Waals surface area (Å²) in [7, 11) is 0. The number of hydrogen-bond acceptors (Lipinski definition) is 6. The summed E-state index contributed by atoms with van der Waals surface area (Å²) in [6.45, 7) is 0.437. The third-order valence-electron chi connectivity index (χ3n) is 5.29. The number of fused-ring (bicyclic) bond motifs is 3. The second-order valence-corrected chi connectivity index (χ2v) is 8.47. The highest BCUT2D eigenvalue weighted by molar-refractivity contribution is 7.22. The lowest BCUT2D eigenvalue weighted by molar-refractivity contribution is -0.384. The molecule has 4 aromatic carbocycles. The fourth-order valence-electron chi connectivity index (χ4n) is 3.65. The fraction of sp³-hybridized carbons (Fsp3) is 0.0400. The topological polar surface area (TPSA) is 97.2 Å². The normalized spacial score (nSPS) is 10.9. The maximum atomic E-state index is 12.8. The zero-order chi connectivity index (χ0) is 22.8. The third-order valence-corrected chi connectivity index (χ3v) is 6.22. The summed E-state index contributed by atoms with van der Waals surface area (Å²) in [6.07, 6.45) is 0. The van der Waals surface area contributed by atoms with Crippen LogP contribution in [-0.2, 0) is 6.54 Å². The van der Waals surface area contributed by atoms with Crippen LogP contribution in [0.3, 0.4) is 0 Å². The molecule has 162 valence electrons. The number of carbonyl (C=O) groups is 1. The van der Waals surface area contributed by atoms with Crippen molar-refractivity contribution in [1.29, 1.82) is 0 Å². The van der Waals surface area contributed by atoms with Crippen molar-refractivity contribution in [2.75, 3.05) is 10.6 Å². The Bertz CT molecular complexity index is 1500. The van der Waals surface area contributed by atoms with E-state index in [9.17, 15) is 14.9 Å². The van der Waals surface area contributed by atoms with Gasteiger partial charge in [0.2, 0.25) is 0 Å². The molecule has 2 N–H and O–H groups in total. The molecular weight excluding hydrogens is 436 g/mol. The number of anilines is 2. The number of hydrogen-bond donors (Lipinski definition) is 2. The molecular formula is C25H18N4O3S. The van der Waals surface area contributed by atoms with Gasteiger partial charge in [-0.1, -0.05) is 72.0 Å². The van der Waals surface area contributed by atoms with Gasteiger partial charge in [-0.3, -0.25) is 20.2 Å². The van der Waals surface area contributed by atoms with Gasteiger partial charge in [-0.2, -0.15) is 0 Å². The molecule has 0 saturated carbocycles. The Balaban J connectivity index is 1.38. The van der Waals surface area contributed by atoms with Crippen molar-refractivity contribution in [2.45, 2.75) is 6.54 Å². The lowest BCUT2D eigenvalue weighted by Crippen LogP contribution is -2.12. The summed E-state index contributed by atoms with van der Waals surface area (Å²) in [5.74, 6) is -0.448. The minimum absolute atomic E-state index is 0.158. The molecule has 0 aliphatic carbocycles. The smallest absolute Gasteiger partial charge is 0.293 e. The van der Waals surface area contributed by atoms with Gasteiger partial charge in [-0.05, 0) is 29.1 Å². The van der Waals surface area contributed by atoms with Crippen LogP contribution in [-0.4, -0.2) is 15.8 Å². The number of nitro benzene ring substituents is 1. The largest absolute Gasteiger partial charge is 0.375 e. The van der Waals surface area contributed by atoms with Crippen molar-refractivity contribution < 1.29 is 9.72 Å². The van der Waals surface area contributed by atoms with E-state index in [2.05, 4.69) is 15.6 Å². The van der Waals surface area contributed by atoms with E-state index in [1.807, 2.05) is 66.7 Å². The number of nitrogens with zero attached hydrogens (tertiary/aromatic N) is 2. The summed E-state index contributed by atoms with van der Waals surface area (Å²) in [6, 6.07) is 25.9. The van der Waals surface area contributed by atoms with Crippen LogP contribution < -0.4 is 10.6 Å². The first-order valence-corrected chi connectivity index (χ1v) is 11.1. The zero-order valence-corrected chi connectivity index (χ0v) is 18.1. The molecule has 1 amide bonds. The molecule has 0 atom stereocenters. The van der Waals surface area contributed by atoms with Gasteiger partial charge in [0.1, 0.15) is 5.69 Å². The number of amides is 1. The molecule has 1 aromatic heterocycles. The predicted octanol–water partition coefficient (Wildman–Crippen LogP) is 6.22. The molecule has 0 spiro atoms. The summed E-state index contributed by atoms with van der Waals surface area (Å²) in [5, 5.41) is 20.0. The van der Waals surface area contributed by atoms with Crippen LogP contribution in [0.15, 0.2) is 84.9 Å². The number of benzene rings is 4. The minimum Gasteiger partial charge on any atom is -0.375 e. The van der Waals surface area contributed by atoms with Gasteiger partial charge in [-0.25, -0.2) is 4.98 Å². The Morgan fingerprint density at radius 3 is 2.58 bits per heavy atom. The predicted molar refractivity (Wildman–Crippen MR) is 132 cm³/mol. The van der Waals surface area contributed by atoms with Crippen LogP contribution in [0.5, 0.6) is 0 Å². The standard InChI is InChI=1S/C25H18N4O3S/c30-24(28-25-27-23-19-9-5-4-8-17(19)11-13-22(23)33-25)18-10-12-20(21(14-18)29(31)32)26-15-16-6-2-1-3-7-16/h1-14,26H,15H2,(H,27,28,30). The summed E-state index contributed by atoms with van der Waals surface area (Å²) < 4.78 is 0.954. The number of nitrogens with one attached hydrogen (secondary N) is 2. The molecule has 5 rings (SSSR count). The Labute approximate surface area is 192 Å². The Morgan fingerprint density at radius 1 is 0.970 bits per heavy atom. The SMILES string of the molecule is O=C(Nc1nc2c(ccc3ccccc32)s1)c1ccc(NCc2ccccc2)c([N+](=O)[O-])c1. The first-order valence-electron chi connectivity index (χ1n) is 10.2. The summed E-state index contributed by atoms with van der Waals surface area (Å²) >= 11 is 1.37. The molecule has 0 saturated heterocycles. The monoisotopic (exact) mass is 454 g/mol. The quantitative estimate of drug-likeness (QED) is 0.234. The lowest BCUT2D eigenvalue weighted by Gasteiger charge is -2.09. The van der Waals surface area contributed by atoms with E-state index in [-0.39, 0.29) is 11.3 Å². The fourth-order valence-corrected chi connectivity index (χ4v) is 4.53. The molecule has 33 heavy (non-hydrogen) atoms. The Morgan fingerprint density at radius 2 is 1.76 bits per heavy atom. The molecule has 8 heteroatoms. The van der Waals surface area contributed by atoms with Gasteiger partial charge in [0.15, 0.2) is 5.13 Å². The van der Waals surface area contributed by atoms with Crippen LogP contribution in [0.2, 0.25) is 0 Å². The molecule has 0 aliphatic heterocycles. The molecule has 7 nitrogen and oxygen atoms in total. The molecule has 0 bridgehead atoms. The Hall–Kier alpha value is -4.30. The van der Waals surface area contributed by atoms with Crippen LogP contribution in [0.25, 0.3) is 21.0 Å². The summed E-state index contributed by atoms with van der Waals surface area (Å²) in [4.78, 5) is 28.6. The van der Waals surface area contributed by atoms with Crippen molar-refractivity contribution in [2.24, 2.45) is 0 Å². The van der Waals surface area contributed by atoms with Gasteiger partial charge in [0.05, 0.1) is 15.1 Å². The number of carbonyl (C=O) groups excluding carboxylic acids is 1. The molecule has 0 unspecified atom stereocenters. The lowest BCUT2D eigenvalue weighted by atomic mass is 10.1. The first kappa shape index (κ1) is 20.6. The minimum atomic E-state index is -0.492. The van der Waals surface area contributed by atoms with Crippen molar-refractivity contribution in [1.82, 2.24) is 4.98 Å². The van der Waals surface area contributed by atoms with Gasteiger partial charge in [0, 0.05) is 23.6 Å². The summed E-state index contributed by atoms with van der Waals surface area (Å²) in [5.41, 5.74) is 2.20. The molecule has 0 fully saturated rings. The van der Waals surface area contributed by atoms with E-state index < -0.39 is 10.8 Å². The molecule has 1 heterocycles. The highest BCUT2D eigenvalue weighted by Gasteiger charge is 2.19. The number of thiazole rings is 1. The van der Waals surface area contributed by atoms with E-state index in [0.717, 1.165) is 26.6 Å². The average Bonchev–Trinajstić information content (AvgIpc) is 3.26. The van der Waals surface area contributed by atoms with E-state index in [4.69, 9.17) is 0 Å². The number of aromatic nitrogens is 1. The first-order chi connectivity index (χ1) is 16.1. The second kappa shape index (κ2) is 8.68. The molecule has 0 radical (unpaired) electrons. The Kier molecular flexibility index (Phi) is 5.42. The van der Waals surface area contributed by atoms with Gasteiger partial charge in [0.25, 0.3) is 11.6 Å². The third kappa shape index (κ3) is 4.24. The highest BCUT2D eigenvalue weighted by atomic mass is 32.1. The maximum Gasteiger partial charge on any atom is 0.293 e. The van der Waals surface area contributed by atoms with Gasteiger partial charge < -0.3 is 5.32 Å². The van der Waals surface area contributed by atoms with Gasteiger partial charge >= 0.3 is 0 Å². The van der Waals surface area contributed by atoms with Crippen molar-refractivity contribution >= 4 is 54.7 Å². The van der Waals surface area contributed by atoms with E-state index in [0.29, 0.717) is 17.4 Å². The van der Waals surface area contributed by atoms with Crippen LogP contribution in [0.4, 0.5) is 16.5 Å². The zero-order valence-electron chi connectivity index (χ0n) is 17.3. The van der Waals surface area contributed by atoms with E-state index in [1.54, 1.807) is 12.1 Å². The number of nitro groups is 1.